The van der Waals surface area contributed by atoms with Crippen molar-refractivity contribution in [3.05, 3.63) is 23.8 Å². The number of methoxy groups -OCH3 is 3. The van der Waals surface area contributed by atoms with Gasteiger partial charge in [0.25, 0.3) is 0 Å². The lowest BCUT2D eigenvalue weighted by molar-refractivity contribution is -0.0697. The van der Waals surface area contributed by atoms with Crippen LogP contribution in [0.5, 0.6) is 11.5 Å². The molecular weight excluding hydrogens is 268 g/mol. The van der Waals surface area contributed by atoms with Crippen molar-refractivity contribution in [1.82, 2.24) is 5.43 Å². The minimum Gasteiger partial charge on any atom is -0.496 e. The van der Waals surface area contributed by atoms with Gasteiger partial charge >= 0.3 is 0 Å². The zero-order valence-electron chi connectivity index (χ0n) is 13.1. The summed E-state index contributed by atoms with van der Waals surface area (Å²) in [4.78, 5) is 0. The maximum absolute atomic E-state index is 5.93. The van der Waals surface area contributed by atoms with Gasteiger partial charge in [0.15, 0.2) is 0 Å². The molecule has 21 heavy (non-hydrogen) atoms. The average Bonchev–Trinajstić information content (AvgIpc) is 2.56. The second-order valence-corrected chi connectivity index (χ2v) is 5.51. The van der Waals surface area contributed by atoms with E-state index in [-0.39, 0.29) is 11.6 Å². The van der Waals surface area contributed by atoms with E-state index in [9.17, 15) is 0 Å². The van der Waals surface area contributed by atoms with E-state index in [1.807, 2.05) is 18.2 Å². The van der Waals surface area contributed by atoms with Crippen LogP contribution >= 0.6 is 0 Å². The summed E-state index contributed by atoms with van der Waals surface area (Å²) < 4.78 is 17.0. The Kier molecular flexibility index (Phi) is 5.45. The van der Waals surface area contributed by atoms with Crippen LogP contribution in [-0.2, 0) is 4.74 Å². The lowest BCUT2D eigenvalue weighted by Crippen LogP contribution is -2.49. The van der Waals surface area contributed by atoms with E-state index in [1.54, 1.807) is 21.3 Å². The summed E-state index contributed by atoms with van der Waals surface area (Å²) >= 11 is 0. The van der Waals surface area contributed by atoms with Gasteiger partial charge in [0.2, 0.25) is 0 Å². The van der Waals surface area contributed by atoms with Gasteiger partial charge < -0.3 is 14.2 Å². The Hall–Kier alpha value is -1.30. The Bertz CT molecular complexity index is 437. The number of ether oxygens (including phenoxy) is 3. The first-order valence-electron chi connectivity index (χ1n) is 7.44. The Morgan fingerprint density at radius 3 is 2.05 bits per heavy atom. The molecule has 2 rings (SSSR count). The maximum atomic E-state index is 5.93. The molecule has 0 aromatic heterocycles. The summed E-state index contributed by atoms with van der Waals surface area (Å²) in [5.74, 6) is 7.43. The first kappa shape index (κ1) is 16.1. The van der Waals surface area contributed by atoms with Crippen molar-refractivity contribution in [2.45, 2.75) is 43.7 Å². The summed E-state index contributed by atoms with van der Waals surface area (Å²) in [6, 6.07) is 5.59. The van der Waals surface area contributed by atoms with Gasteiger partial charge in [-0.1, -0.05) is 25.3 Å². The molecule has 1 aromatic carbocycles. The fourth-order valence-corrected chi connectivity index (χ4v) is 3.42. The molecule has 1 aromatic rings. The van der Waals surface area contributed by atoms with Crippen molar-refractivity contribution in [1.29, 1.82) is 0 Å². The minimum absolute atomic E-state index is 0.172. The monoisotopic (exact) mass is 294 g/mol. The topological polar surface area (TPSA) is 65.7 Å². The Morgan fingerprint density at radius 2 is 1.62 bits per heavy atom. The Balaban J connectivity index is 2.49. The van der Waals surface area contributed by atoms with Crippen LogP contribution in [0, 0.1) is 0 Å². The smallest absolute Gasteiger partial charge is 0.127 e. The predicted octanol–water partition coefficient (Wildman–Crippen LogP) is 2.56. The largest absolute Gasteiger partial charge is 0.496 e. The SMILES string of the molecule is COc1cccc(OC)c1C(NN)C1(OC)CCCCC1. The molecule has 0 aliphatic heterocycles. The van der Waals surface area contributed by atoms with Crippen LogP contribution in [0.2, 0.25) is 0 Å². The fraction of sp³-hybridized carbons (Fsp3) is 0.625. The molecule has 1 saturated carbocycles. The number of benzene rings is 1. The molecule has 1 unspecified atom stereocenters. The van der Waals surface area contributed by atoms with E-state index < -0.39 is 0 Å². The van der Waals surface area contributed by atoms with Gasteiger partial charge in [0.1, 0.15) is 11.5 Å². The summed E-state index contributed by atoms with van der Waals surface area (Å²) in [5, 5.41) is 0. The van der Waals surface area contributed by atoms with Crippen molar-refractivity contribution < 1.29 is 14.2 Å². The van der Waals surface area contributed by atoms with Crippen molar-refractivity contribution in [2.75, 3.05) is 21.3 Å². The van der Waals surface area contributed by atoms with Gasteiger partial charge in [-0.25, -0.2) is 5.43 Å². The van der Waals surface area contributed by atoms with Crippen LogP contribution in [0.25, 0.3) is 0 Å². The van der Waals surface area contributed by atoms with E-state index >= 15 is 0 Å². The first-order valence-corrected chi connectivity index (χ1v) is 7.44. The Morgan fingerprint density at radius 1 is 1.05 bits per heavy atom. The molecule has 118 valence electrons. The van der Waals surface area contributed by atoms with Crippen molar-refractivity contribution >= 4 is 0 Å². The summed E-state index contributed by atoms with van der Waals surface area (Å²) in [7, 11) is 5.08. The first-order chi connectivity index (χ1) is 10.2. The molecule has 0 amide bonds. The van der Waals surface area contributed by atoms with Gasteiger partial charge in [-0.15, -0.1) is 0 Å². The molecule has 0 saturated heterocycles. The molecule has 5 heteroatoms. The summed E-state index contributed by atoms with van der Waals surface area (Å²) in [5.41, 5.74) is 3.54. The number of hydrogen-bond acceptors (Lipinski definition) is 5. The number of nitrogens with two attached hydrogens (primary N) is 1. The third-order valence-corrected chi connectivity index (χ3v) is 4.55. The van der Waals surface area contributed by atoms with Crippen LogP contribution in [0.4, 0.5) is 0 Å². The summed E-state index contributed by atoms with van der Waals surface area (Å²) in [6.45, 7) is 0. The van der Waals surface area contributed by atoms with Gasteiger partial charge in [-0.05, 0) is 25.0 Å². The predicted molar refractivity (Wildman–Crippen MR) is 82.4 cm³/mol. The molecule has 1 aliphatic rings. The average molecular weight is 294 g/mol. The maximum Gasteiger partial charge on any atom is 0.127 e. The molecule has 0 bridgehead atoms. The quantitative estimate of drug-likeness (QED) is 0.623. The van der Waals surface area contributed by atoms with Crippen LogP contribution in [0.15, 0.2) is 18.2 Å². The molecule has 0 radical (unpaired) electrons. The van der Waals surface area contributed by atoms with Gasteiger partial charge in [0, 0.05) is 7.11 Å². The number of hydrazine groups is 1. The molecule has 0 heterocycles. The van der Waals surface area contributed by atoms with Crippen LogP contribution in [0.1, 0.15) is 43.7 Å². The molecule has 1 aliphatic carbocycles. The summed E-state index contributed by atoms with van der Waals surface area (Å²) in [6.07, 6.45) is 5.47. The lowest BCUT2D eigenvalue weighted by Gasteiger charge is -2.42. The van der Waals surface area contributed by atoms with E-state index in [2.05, 4.69) is 5.43 Å². The lowest BCUT2D eigenvalue weighted by atomic mass is 9.76. The van der Waals surface area contributed by atoms with Gasteiger partial charge in [-0.2, -0.15) is 0 Å². The standard InChI is InChI=1S/C16H26N2O3/c1-19-12-8-7-9-13(20-2)14(12)15(18-17)16(21-3)10-5-4-6-11-16/h7-9,15,18H,4-6,10-11,17H2,1-3H3. The zero-order valence-corrected chi connectivity index (χ0v) is 13.1. The van der Waals surface area contributed by atoms with Crippen LogP contribution in [0.3, 0.4) is 0 Å². The highest BCUT2D eigenvalue weighted by atomic mass is 16.5. The van der Waals surface area contributed by atoms with E-state index in [0.717, 1.165) is 42.7 Å². The highest BCUT2D eigenvalue weighted by molar-refractivity contribution is 5.48. The number of nitrogens with one attached hydrogen (secondary N) is 1. The van der Waals surface area contributed by atoms with Crippen LogP contribution in [-0.4, -0.2) is 26.9 Å². The third kappa shape index (κ3) is 3.00. The molecule has 3 N–H and O–H groups in total. The fourth-order valence-electron chi connectivity index (χ4n) is 3.42. The Labute approximate surface area is 126 Å². The third-order valence-electron chi connectivity index (χ3n) is 4.55. The van der Waals surface area contributed by atoms with E-state index in [0.29, 0.717) is 0 Å². The van der Waals surface area contributed by atoms with Crippen LogP contribution < -0.4 is 20.7 Å². The second-order valence-electron chi connectivity index (χ2n) is 5.51. The van der Waals surface area contributed by atoms with Gasteiger partial charge in [-0.3, -0.25) is 5.84 Å². The molecule has 5 nitrogen and oxygen atoms in total. The normalized spacial score (nSPS) is 19.0. The number of hydrogen-bond donors (Lipinski definition) is 2. The second kappa shape index (κ2) is 7.11. The molecule has 1 fully saturated rings. The van der Waals surface area contributed by atoms with Crippen molar-refractivity contribution in [3.8, 4) is 11.5 Å². The van der Waals surface area contributed by atoms with Gasteiger partial charge in [0.05, 0.1) is 31.4 Å². The van der Waals surface area contributed by atoms with E-state index in [4.69, 9.17) is 20.1 Å². The van der Waals surface area contributed by atoms with Crippen molar-refractivity contribution in [2.24, 2.45) is 5.84 Å². The van der Waals surface area contributed by atoms with Crippen molar-refractivity contribution in [3.63, 3.8) is 0 Å². The van der Waals surface area contributed by atoms with E-state index in [1.165, 1.54) is 6.42 Å². The highest BCUT2D eigenvalue weighted by Crippen LogP contribution is 2.46. The molecule has 1 atom stereocenters. The molecular formula is C16H26N2O3. The number of rotatable bonds is 6. The minimum atomic E-state index is -0.324. The highest BCUT2D eigenvalue weighted by Gasteiger charge is 2.43. The molecule has 0 spiro atoms. The zero-order chi connectivity index (χ0) is 15.3.